The molecule has 0 rings (SSSR count). The quantitative estimate of drug-likeness (QED) is 0.643. The van der Waals surface area contributed by atoms with E-state index in [0.717, 1.165) is 32.1 Å². The molecule has 3 nitrogen and oxygen atoms in total. The van der Waals surface area contributed by atoms with Gasteiger partial charge in [0, 0.05) is 5.41 Å². The van der Waals surface area contributed by atoms with E-state index in [1.165, 1.54) is 0 Å². The van der Waals surface area contributed by atoms with Crippen molar-refractivity contribution >= 4 is 5.97 Å². The smallest absolute Gasteiger partial charge is 0.312 e. The van der Waals surface area contributed by atoms with Crippen LogP contribution in [0.15, 0.2) is 0 Å². The van der Waals surface area contributed by atoms with Crippen molar-refractivity contribution < 1.29 is 14.6 Å². The molecule has 0 amide bonds. The summed E-state index contributed by atoms with van der Waals surface area (Å²) < 4.78 is 5.44. The number of esters is 1. The van der Waals surface area contributed by atoms with Crippen molar-refractivity contribution in [3.05, 3.63) is 0 Å². The highest BCUT2D eigenvalue weighted by Crippen LogP contribution is 2.34. The highest BCUT2D eigenvalue weighted by Gasteiger charge is 2.36. The van der Waals surface area contributed by atoms with Crippen LogP contribution in [-0.2, 0) is 9.53 Å². The van der Waals surface area contributed by atoms with Crippen molar-refractivity contribution in [3.8, 4) is 0 Å². The van der Waals surface area contributed by atoms with E-state index in [1.807, 2.05) is 13.8 Å². The summed E-state index contributed by atoms with van der Waals surface area (Å²) in [6.45, 7) is 10.3. The highest BCUT2D eigenvalue weighted by atomic mass is 16.5. The lowest BCUT2D eigenvalue weighted by Crippen LogP contribution is -2.35. The molecule has 0 aromatic rings. The normalized spacial score (nSPS) is 12.6. The fourth-order valence-corrected chi connectivity index (χ4v) is 1.97. The lowest BCUT2D eigenvalue weighted by atomic mass is 9.78. The third kappa shape index (κ3) is 4.97. The van der Waals surface area contributed by atoms with Gasteiger partial charge in [0.25, 0.3) is 0 Å². The maximum atomic E-state index is 12.3. The highest BCUT2D eigenvalue weighted by molar-refractivity contribution is 5.76. The van der Waals surface area contributed by atoms with Crippen molar-refractivity contribution in [1.29, 1.82) is 0 Å². The topological polar surface area (TPSA) is 46.5 Å². The SMILES string of the molecule is CCCCC(CC)(CC)C(=O)OCC(C)(C)CO. The van der Waals surface area contributed by atoms with Crippen molar-refractivity contribution in [3.63, 3.8) is 0 Å². The molecule has 0 heterocycles. The second kappa shape index (κ2) is 7.78. The fourth-order valence-electron chi connectivity index (χ4n) is 1.97. The standard InChI is InChI=1S/C15H30O3/c1-6-9-10-15(7-2,8-3)13(17)18-12-14(4,5)11-16/h16H,6-12H2,1-5H3. The van der Waals surface area contributed by atoms with Gasteiger partial charge < -0.3 is 9.84 Å². The Balaban J connectivity index is 4.57. The molecule has 0 unspecified atom stereocenters. The molecule has 0 aliphatic rings. The van der Waals surface area contributed by atoms with Crippen LogP contribution in [0.4, 0.5) is 0 Å². The van der Waals surface area contributed by atoms with Gasteiger partial charge in [0.1, 0.15) is 0 Å². The van der Waals surface area contributed by atoms with Crippen LogP contribution in [0.1, 0.15) is 66.7 Å². The first-order chi connectivity index (χ1) is 8.37. The van der Waals surface area contributed by atoms with Gasteiger partial charge in [0.15, 0.2) is 0 Å². The van der Waals surface area contributed by atoms with Crippen LogP contribution in [0.2, 0.25) is 0 Å². The minimum atomic E-state index is -0.354. The molecule has 0 aromatic carbocycles. The van der Waals surface area contributed by atoms with E-state index in [4.69, 9.17) is 4.74 Å². The maximum Gasteiger partial charge on any atom is 0.312 e. The molecule has 0 spiro atoms. The zero-order chi connectivity index (χ0) is 14.2. The second-order valence-corrected chi connectivity index (χ2v) is 5.99. The van der Waals surface area contributed by atoms with Gasteiger partial charge >= 0.3 is 5.97 Å². The maximum absolute atomic E-state index is 12.3. The number of carbonyl (C=O) groups excluding carboxylic acids is 1. The summed E-state index contributed by atoms with van der Waals surface area (Å²) in [5.41, 5.74) is -0.685. The summed E-state index contributed by atoms with van der Waals surface area (Å²) in [6, 6.07) is 0. The molecule has 0 aliphatic heterocycles. The predicted octanol–water partition coefficient (Wildman–Crippen LogP) is 3.54. The van der Waals surface area contributed by atoms with Crippen molar-refractivity contribution in [2.24, 2.45) is 10.8 Å². The summed E-state index contributed by atoms with van der Waals surface area (Å²) in [5, 5.41) is 9.17. The Labute approximate surface area is 112 Å². The predicted molar refractivity (Wildman–Crippen MR) is 74.4 cm³/mol. The van der Waals surface area contributed by atoms with E-state index in [-0.39, 0.29) is 30.0 Å². The molecule has 0 aliphatic carbocycles. The van der Waals surface area contributed by atoms with Gasteiger partial charge in [-0.2, -0.15) is 0 Å². The number of aliphatic hydroxyl groups excluding tert-OH is 1. The minimum absolute atomic E-state index is 0.0283. The number of hydrogen-bond donors (Lipinski definition) is 1. The first-order valence-corrected chi connectivity index (χ1v) is 7.15. The van der Waals surface area contributed by atoms with Crippen LogP contribution in [0, 0.1) is 10.8 Å². The van der Waals surface area contributed by atoms with Crippen LogP contribution in [0.25, 0.3) is 0 Å². The fraction of sp³-hybridized carbons (Fsp3) is 0.933. The van der Waals surface area contributed by atoms with E-state index in [0.29, 0.717) is 0 Å². The summed E-state index contributed by atoms with van der Waals surface area (Å²) in [5.74, 6) is -0.0949. The van der Waals surface area contributed by atoms with Gasteiger partial charge in [-0.05, 0) is 19.3 Å². The van der Waals surface area contributed by atoms with Gasteiger partial charge in [-0.15, -0.1) is 0 Å². The van der Waals surface area contributed by atoms with Crippen molar-refractivity contribution in [1.82, 2.24) is 0 Å². The van der Waals surface area contributed by atoms with Crippen LogP contribution in [0.5, 0.6) is 0 Å². The van der Waals surface area contributed by atoms with E-state index in [9.17, 15) is 9.90 Å². The number of carbonyl (C=O) groups is 1. The third-order valence-electron chi connectivity index (χ3n) is 3.82. The first kappa shape index (κ1) is 17.4. The van der Waals surface area contributed by atoms with Crippen molar-refractivity contribution in [2.45, 2.75) is 66.7 Å². The Kier molecular flexibility index (Phi) is 7.53. The Hall–Kier alpha value is -0.570. The van der Waals surface area contributed by atoms with E-state index < -0.39 is 0 Å². The molecule has 3 heteroatoms. The monoisotopic (exact) mass is 258 g/mol. The summed E-state index contributed by atoms with van der Waals surface area (Å²) in [4.78, 5) is 12.3. The largest absolute Gasteiger partial charge is 0.465 e. The zero-order valence-electron chi connectivity index (χ0n) is 12.7. The number of ether oxygens (including phenoxy) is 1. The van der Waals surface area contributed by atoms with Gasteiger partial charge in [0.2, 0.25) is 0 Å². The molecule has 18 heavy (non-hydrogen) atoms. The molecule has 0 atom stereocenters. The number of unbranched alkanes of at least 4 members (excludes halogenated alkanes) is 1. The molecule has 0 saturated heterocycles. The van der Waals surface area contributed by atoms with Crippen LogP contribution in [-0.4, -0.2) is 24.3 Å². The number of aliphatic hydroxyl groups is 1. The first-order valence-electron chi connectivity index (χ1n) is 7.15. The lowest BCUT2D eigenvalue weighted by molar-refractivity contribution is -0.161. The summed E-state index contributed by atoms with van der Waals surface area (Å²) >= 11 is 0. The molecule has 0 aromatic heterocycles. The zero-order valence-corrected chi connectivity index (χ0v) is 12.7. The molecule has 1 N–H and O–H groups in total. The van der Waals surface area contributed by atoms with Gasteiger partial charge in [-0.25, -0.2) is 0 Å². The Morgan fingerprint density at radius 3 is 2.11 bits per heavy atom. The number of rotatable bonds is 9. The average Bonchev–Trinajstić information content (AvgIpc) is 2.38. The minimum Gasteiger partial charge on any atom is -0.465 e. The lowest BCUT2D eigenvalue weighted by Gasteiger charge is -2.31. The summed E-state index contributed by atoms with van der Waals surface area (Å²) in [7, 11) is 0. The van der Waals surface area contributed by atoms with E-state index >= 15 is 0 Å². The third-order valence-corrected chi connectivity index (χ3v) is 3.82. The van der Waals surface area contributed by atoms with Gasteiger partial charge in [-0.3, -0.25) is 4.79 Å². The molecule has 0 bridgehead atoms. The molecule has 0 fully saturated rings. The molecule has 0 saturated carbocycles. The van der Waals surface area contributed by atoms with E-state index in [1.54, 1.807) is 0 Å². The molecule has 108 valence electrons. The van der Waals surface area contributed by atoms with Crippen molar-refractivity contribution in [2.75, 3.05) is 13.2 Å². The Morgan fingerprint density at radius 1 is 1.17 bits per heavy atom. The second-order valence-electron chi connectivity index (χ2n) is 5.99. The number of hydrogen-bond acceptors (Lipinski definition) is 3. The van der Waals surface area contributed by atoms with Gasteiger partial charge in [0.05, 0.1) is 18.6 Å². The molecular formula is C15H30O3. The van der Waals surface area contributed by atoms with Crippen LogP contribution in [0.3, 0.4) is 0 Å². The summed E-state index contributed by atoms with van der Waals surface area (Å²) in [6.07, 6.45) is 4.69. The van der Waals surface area contributed by atoms with Crippen LogP contribution < -0.4 is 0 Å². The molecule has 0 radical (unpaired) electrons. The Bertz CT molecular complexity index is 242. The molecular weight excluding hydrogens is 228 g/mol. The van der Waals surface area contributed by atoms with E-state index in [2.05, 4.69) is 20.8 Å². The van der Waals surface area contributed by atoms with Gasteiger partial charge in [-0.1, -0.05) is 47.5 Å². The average molecular weight is 258 g/mol. The Morgan fingerprint density at radius 2 is 1.72 bits per heavy atom. The van der Waals surface area contributed by atoms with Crippen LogP contribution >= 0.6 is 0 Å².